The highest BCUT2D eigenvalue weighted by Gasteiger charge is 2.36. The first-order valence-electron chi connectivity index (χ1n) is 10.1. The highest BCUT2D eigenvalue weighted by atomic mass is 16.5. The number of amides is 1. The fraction of sp³-hybridized carbons (Fsp3) is 0.458. The molecule has 0 saturated heterocycles. The highest BCUT2D eigenvalue weighted by molar-refractivity contribution is 5.81. The van der Waals surface area contributed by atoms with Gasteiger partial charge in [-0.2, -0.15) is 0 Å². The van der Waals surface area contributed by atoms with Crippen LogP contribution in [0.1, 0.15) is 56.3 Å². The number of carbonyl (C=O) groups excluding carboxylic acids is 1. The summed E-state index contributed by atoms with van der Waals surface area (Å²) >= 11 is 0. The van der Waals surface area contributed by atoms with Crippen molar-refractivity contribution >= 4 is 5.91 Å². The van der Waals surface area contributed by atoms with E-state index in [1.54, 1.807) is 7.11 Å². The van der Waals surface area contributed by atoms with Crippen LogP contribution in [-0.2, 0) is 4.79 Å². The van der Waals surface area contributed by atoms with Crippen LogP contribution in [0, 0.1) is 13.8 Å². The summed E-state index contributed by atoms with van der Waals surface area (Å²) in [5.41, 5.74) is 2.77. The number of nitrogens with one attached hydrogen (secondary N) is 1. The second-order valence-corrected chi connectivity index (χ2v) is 8.24. The van der Waals surface area contributed by atoms with Gasteiger partial charge in [-0.25, -0.2) is 0 Å². The first-order chi connectivity index (χ1) is 13.7. The lowest BCUT2D eigenvalue weighted by Crippen LogP contribution is -2.45. The summed E-state index contributed by atoms with van der Waals surface area (Å²) in [6, 6.07) is 11.5. The molecule has 0 fully saturated rings. The van der Waals surface area contributed by atoms with Gasteiger partial charge in [0.1, 0.15) is 22.8 Å². The molecule has 2 aromatic rings. The quantitative estimate of drug-likeness (QED) is 0.754. The Morgan fingerprint density at radius 1 is 1.28 bits per heavy atom. The van der Waals surface area contributed by atoms with Gasteiger partial charge in [-0.3, -0.25) is 4.79 Å². The number of rotatable bonds is 6. The molecule has 2 atom stereocenters. The van der Waals surface area contributed by atoms with E-state index in [-0.39, 0.29) is 11.9 Å². The summed E-state index contributed by atoms with van der Waals surface area (Å²) in [4.78, 5) is 13.1. The Balaban J connectivity index is 1.80. The number of fused-ring (bicyclic) bond motifs is 1. The van der Waals surface area contributed by atoms with Crippen molar-refractivity contribution in [3.63, 3.8) is 0 Å². The summed E-state index contributed by atoms with van der Waals surface area (Å²) in [5, 5.41) is 3.19. The topological polar surface area (TPSA) is 56.8 Å². The number of benzene rings is 2. The molecule has 5 nitrogen and oxygen atoms in total. The standard InChI is InChI=1S/C24H31NO4/c1-7-20(28-21-10-8-9-15(2)16(21)3)23(26)25-19-14-24(4,5)29-22-13-17(27-6)11-12-18(19)22/h8-13,19-20H,7,14H2,1-6H3,(H,25,26)/t19-,20-/m0/s1. The van der Waals surface area contributed by atoms with Crippen molar-refractivity contribution < 1.29 is 19.0 Å². The molecule has 1 aliphatic heterocycles. The van der Waals surface area contributed by atoms with Crippen molar-refractivity contribution in [2.24, 2.45) is 0 Å². The summed E-state index contributed by atoms with van der Waals surface area (Å²) in [7, 11) is 1.63. The Morgan fingerprint density at radius 3 is 2.72 bits per heavy atom. The zero-order valence-electron chi connectivity index (χ0n) is 18.2. The lowest BCUT2D eigenvalue weighted by Gasteiger charge is -2.38. The molecule has 0 saturated carbocycles. The Labute approximate surface area is 173 Å². The van der Waals surface area contributed by atoms with Crippen LogP contribution in [0.15, 0.2) is 36.4 Å². The van der Waals surface area contributed by atoms with Gasteiger partial charge in [0.05, 0.1) is 13.2 Å². The van der Waals surface area contributed by atoms with E-state index in [4.69, 9.17) is 14.2 Å². The molecule has 3 rings (SSSR count). The fourth-order valence-electron chi connectivity index (χ4n) is 3.68. The molecule has 1 heterocycles. The third kappa shape index (κ3) is 4.66. The Bertz CT molecular complexity index is 890. The lowest BCUT2D eigenvalue weighted by molar-refractivity contribution is -0.129. The SMILES string of the molecule is CC[C@H](Oc1cccc(C)c1C)C(=O)N[C@H]1CC(C)(C)Oc2cc(OC)ccc21. The third-order valence-electron chi connectivity index (χ3n) is 5.48. The first-order valence-corrected chi connectivity index (χ1v) is 10.1. The van der Waals surface area contributed by atoms with E-state index in [0.29, 0.717) is 12.8 Å². The van der Waals surface area contributed by atoms with Gasteiger partial charge < -0.3 is 19.5 Å². The van der Waals surface area contributed by atoms with E-state index in [2.05, 4.69) is 5.32 Å². The van der Waals surface area contributed by atoms with E-state index in [0.717, 1.165) is 33.9 Å². The second kappa shape index (κ2) is 8.36. The van der Waals surface area contributed by atoms with E-state index >= 15 is 0 Å². The average molecular weight is 398 g/mol. The van der Waals surface area contributed by atoms with Gasteiger partial charge in [-0.05, 0) is 63.4 Å². The normalized spacial score (nSPS) is 18.2. The summed E-state index contributed by atoms with van der Waals surface area (Å²) < 4.78 is 17.5. The van der Waals surface area contributed by atoms with Gasteiger partial charge in [0.15, 0.2) is 6.10 Å². The van der Waals surface area contributed by atoms with Crippen LogP contribution < -0.4 is 19.5 Å². The number of carbonyl (C=O) groups is 1. The molecule has 0 unspecified atom stereocenters. The van der Waals surface area contributed by atoms with Crippen LogP contribution in [0.3, 0.4) is 0 Å². The van der Waals surface area contributed by atoms with Gasteiger partial charge in [0, 0.05) is 18.1 Å². The van der Waals surface area contributed by atoms with Crippen LogP contribution >= 0.6 is 0 Å². The molecular formula is C24H31NO4. The summed E-state index contributed by atoms with van der Waals surface area (Å²) in [5.74, 6) is 2.12. The molecule has 0 bridgehead atoms. The van der Waals surface area contributed by atoms with Crippen molar-refractivity contribution in [3.8, 4) is 17.2 Å². The van der Waals surface area contributed by atoms with Crippen LogP contribution in [0.4, 0.5) is 0 Å². The van der Waals surface area contributed by atoms with E-state index < -0.39 is 11.7 Å². The average Bonchev–Trinajstić information content (AvgIpc) is 2.67. The summed E-state index contributed by atoms with van der Waals surface area (Å²) in [6.07, 6.45) is 0.711. The predicted octanol–water partition coefficient (Wildman–Crippen LogP) is 4.89. The van der Waals surface area contributed by atoms with Crippen LogP contribution in [-0.4, -0.2) is 24.7 Å². The summed E-state index contributed by atoms with van der Waals surface area (Å²) in [6.45, 7) is 10.1. The van der Waals surface area contributed by atoms with Crippen molar-refractivity contribution in [1.82, 2.24) is 5.32 Å². The van der Waals surface area contributed by atoms with E-state index in [1.807, 2.05) is 71.0 Å². The number of hydrogen-bond acceptors (Lipinski definition) is 4. The van der Waals surface area contributed by atoms with Crippen molar-refractivity contribution in [1.29, 1.82) is 0 Å². The van der Waals surface area contributed by atoms with Crippen LogP contribution in [0.5, 0.6) is 17.2 Å². The van der Waals surface area contributed by atoms with Crippen molar-refractivity contribution in [2.45, 2.75) is 65.2 Å². The molecular weight excluding hydrogens is 366 g/mol. The van der Waals surface area contributed by atoms with Gasteiger partial charge in [0.25, 0.3) is 5.91 Å². The predicted molar refractivity (Wildman–Crippen MR) is 114 cm³/mol. The molecule has 0 radical (unpaired) electrons. The van der Waals surface area contributed by atoms with Gasteiger partial charge in [0.2, 0.25) is 0 Å². The van der Waals surface area contributed by atoms with Gasteiger partial charge >= 0.3 is 0 Å². The zero-order valence-corrected chi connectivity index (χ0v) is 18.2. The maximum Gasteiger partial charge on any atom is 0.261 e. The Hall–Kier alpha value is -2.69. The molecule has 0 aliphatic carbocycles. The lowest BCUT2D eigenvalue weighted by atomic mass is 9.89. The molecule has 156 valence electrons. The molecule has 29 heavy (non-hydrogen) atoms. The van der Waals surface area contributed by atoms with Crippen LogP contribution in [0.2, 0.25) is 0 Å². The monoisotopic (exact) mass is 397 g/mol. The highest BCUT2D eigenvalue weighted by Crippen LogP contribution is 2.41. The van der Waals surface area contributed by atoms with Crippen molar-refractivity contribution in [3.05, 3.63) is 53.1 Å². The minimum atomic E-state index is -0.553. The molecule has 0 aromatic heterocycles. The molecule has 0 spiro atoms. The molecule has 1 amide bonds. The van der Waals surface area contributed by atoms with Gasteiger partial charge in [-0.15, -0.1) is 0 Å². The minimum absolute atomic E-state index is 0.113. The maximum atomic E-state index is 13.1. The maximum absolute atomic E-state index is 13.1. The number of aryl methyl sites for hydroxylation is 1. The number of ether oxygens (including phenoxy) is 3. The zero-order chi connectivity index (χ0) is 21.2. The Kier molecular flexibility index (Phi) is 6.06. The van der Waals surface area contributed by atoms with Crippen molar-refractivity contribution in [2.75, 3.05) is 7.11 Å². The van der Waals surface area contributed by atoms with E-state index in [9.17, 15) is 4.79 Å². The smallest absolute Gasteiger partial charge is 0.261 e. The number of methoxy groups -OCH3 is 1. The minimum Gasteiger partial charge on any atom is -0.497 e. The third-order valence-corrected chi connectivity index (χ3v) is 5.48. The Morgan fingerprint density at radius 2 is 2.03 bits per heavy atom. The molecule has 1 aliphatic rings. The molecule has 5 heteroatoms. The van der Waals surface area contributed by atoms with E-state index in [1.165, 1.54) is 0 Å². The van der Waals surface area contributed by atoms with Crippen LogP contribution in [0.25, 0.3) is 0 Å². The molecule has 2 aromatic carbocycles. The first kappa shape index (κ1) is 21.0. The second-order valence-electron chi connectivity index (χ2n) is 8.24. The fourth-order valence-corrected chi connectivity index (χ4v) is 3.68. The number of hydrogen-bond donors (Lipinski definition) is 1. The van der Waals surface area contributed by atoms with Gasteiger partial charge in [-0.1, -0.05) is 19.1 Å². The molecule has 1 N–H and O–H groups in total. The largest absolute Gasteiger partial charge is 0.497 e.